The fourth-order valence-corrected chi connectivity index (χ4v) is 6.44. The van der Waals surface area contributed by atoms with E-state index in [1.807, 2.05) is 91.0 Å². The minimum absolute atomic E-state index is 0.00168. The van der Waals surface area contributed by atoms with Crippen LogP contribution in [0.3, 0.4) is 0 Å². The summed E-state index contributed by atoms with van der Waals surface area (Å²) in [7, 11) is 0. The minimum Gasteiger partial charge on any atom is -0.392 e. The van der Waals surface area contributed by atoms with E-state index in [1.165, 1.54) is 0 Å². The summed E-state index contributed by atoms with van der Waals surface area (Å²) in [5, 5.41) is 13.3. The molecule has 0 radical (unpaired) electrons. The molecular formula is C37H35N3O4S. The summed E-state index contributed by atoms with van der Waals surface area (Å²) in [6.07, 6.45) is 2.60. The number of aliphatic hydroxyl groups is 1. The van der Waals surface area contributed by atoms with Gasteiger partial charge >= 0.3 is 0 Å². The van der Waals surface area contributed by atoms with Gasteiger partial charge < -0.3 is 19.9 Å². The molecule has 0 bridgehead atoms. The van der Waals surface area contributed by atoms with Crippen LogP contribution < -0.4 is 5.32 Å². The van der Waals surface area contributed by atoms with Crippen molar-refractivity contribution in [1.29, 1.82) is 0 Å². The van der Waals surface area contributed by atoms with Gasteiger partial charge in [0.1, 0.15) is 0 Å². The standard InChI is InChI=1S/C37H35N3O4S/c1-25-33(24-45-37-38-20-7-21-39-37)43-36(44-34(25)28-14-12-26(23-41)13-15-28)30-18-16-27(17-19-30)32-11-6-5-10-31(32)22-40-35(42)29-8-3-2-4-9-29/h2-21,25,33-34,36,41H,22-24H2,1H3,(H,40,42)/t25-,33+,34+,36+/m0/s1. The Kier molecular flexibility index (Phi) is 9.97. The Bertz CT molecular complexity index is 1690. The predicted octanol–water partition coefficient (Wildman–Crippen LogP) is 7.15. The Balaban J connectivity index is 1.21. The van der Waals surface area contributed by atoms with E-state index in [1.54, 1.807) is 24.2 Å². The summed E-state index contributed by atoms with van der Waals surface area (Å²) in [5.41, 5.74) is 6.58. The van der Waals surface area contributed by atoms with Crippen molar-refractivity contribution >= 4 is 17.7 Å². The molecule has 1 amide bonds. The SMILES string of the molecule is C[C@H]1[C@@H](CSc2ncccn2)O[C@@H](c2ccc(-c3ccccc3CNC(=O)c3ccccc3)cc2)O[C@H]1c1ccc(CO)cc1. The van der Waals surface area contributed by atoms with Crippen LogP contribution in [0.1, 0.15) is 51.9 Å². The Hall–Kier alpha value is -4.34. The molecule has 5 aromatic rings. The fraction of sp³-hybridized carbons (Fsp3) is 0.216. The van der Waals surface area contributed by atoms with E-state index in [4.69, 9.17) is 9.47 Å². The summed E-state index contributed by atoms with van der Waals surface area (Å²) in [4.78, 5) is 21.4. The number of amides is 1. The first-order valence-electron chi connectivity index (χ1n) is 15.0. The maximum Gasteiger partial charge on any atom is 0.251 e. The van der Waals surface area contributed by atoms with E-state index < -0.39 is 6.29 Å². The van der Waals surface area contributed by atoms with Crippen LogP contribution in [0.2, 0.25) is 0 Å². The highest BCUT2D eigenvalue weighted by Gasteiger charge is 2.38. The molecule has 4 atom stereocenters. The second-order valence-corrected chi connectivity index (χ2v) is 12.0. The average Bonchev–Trinajstić information content (AvgIpc) is 3.11. The van der Waals surface area contributed by atoms with Crippen LogP contribution >= 0.6 is 11.8 Å². The second kappa shape index (κ2) is 14.6. The van der Waals surface area contributed by atoms with Crippen LogP contribution in [0.5, 0.6) is 0 Å². The summed E-state index contributed by atoms with van der Waals surface area (Å²) in [5.74, 6) is 0.638. The predicted molar refractivity (Wildman–Crippen MR) is 175 cm³/mol. The molecular weight excluding hydrogens is 582 g/mol. The van der Waals surface area contributed by atoms with E-state index >= 15 is 0 Å². The molecule has 8 heteroatoms. The molecule has 1 saturated heterocycles. The van der Waals surface area contributed by atoms with Gasteiger partial charge in [-0.05, 0) is 46.0 Å². The van der Waals surface area contributed by atoms with Crippen molar-refractivity contribution in [3.8, 4) is 11.1 Å². The van der Waals surface area contributed by atoms with Crippen LogP contribution in [0.15, 0.2) is 127 Å². The molecule has 1 aromatic heterocycles. The molecule has 0 saturated carbocycles. The lowest BCUT2D eigenvalue weighted by molar-refractivity contribution is -0.268. The van der Waals surface area contributed by atoms with Gasteiger partial charge in [0.15, 0.2) is 11.4 Å². The summed E-state index contributed by atoms with van der Waals surface area (Å²) in [6, 6.07) is 35.3. The van der Waals surface area contributed by atoms with Crippen molar-refractivity contribution in [1.82, 2.24) is 15.3 Å². The first kappa shape index (κ1) is 30.7. The van der Waals surface area contributed by atoms with Gasteiger partial charge in [-0.15, -0.1) is 0 Å². The Labute approximate surface area is 267 Å². The summed E-state index contributed by atoms with van der Waals surface area (Å²) < 4.78 is 13.2. The molecule has 0 spiro atoms. The van der Waals surface area contributed by atoms with Crippen molar-refractivity contribution in [2.24, 2.45) is 5.92 Å². The van der Waals surface area contributed by atoms with E-state index in [2.05, 4.69) is 40.4 Å². The third-order valence-electron chi connectivity index (χ3n) is 8.03. The molecule has 0 unspecified atom stereocenters. The van der Waals surface area contributed by atoms with E-state index in [-0.39, 0.29) is 30.6 Å². The number of aliphatic hydroxyl groups excluding tert-OH is 1. The summed E-state index contributed by atoms with van der Waals surface area (Å²) in [6.45, 7) is 2.56. The highest BCUT2D eigenvalue weighted by Crippen LogP contribution is 2.43. The highest BCUT2D eigenvalue weighted by atomic mass is 32.2. The third-order valence-corrected chi connectivity index (χ3v) is 8.99. The number of aromatic nitrogens is 2. The summed E-state index contributed by atoms with van der Waals surface area (Å²) >= 11 is 1.57. The van der Waals surface area contributed by atoms with Crippen LogP contribution in [-0.2, 0) is 22.6 Å². The molecule has 0 aliphatic carbocycles. The molecule has 2 N–H and O–H groups in total. The number of ether oxygens (including phenoxy) is 2. The van der Waals surface area contributed by atoms with Gasteiger partial charge in [-0.1, -0.05) is 110 Å². The number of thioether (sulfide) groups is 1. The van der Waals surface area contributed by atoms with Crippen molar-refractivity contribution < 1.29 is 19.4 Å². The molecule has 45 heavy (non-hydrogen) atoms. The van der Waals surface area contributed by atoms with Crippen LogP contribution in [0.25, 0.3) is 11.1 Å². The Morgan fingerprint density at radius 1 is 0.822 bits per heavy atom. The molecule has 1 aliphatic heterocycles. The van der Waals surface area contributed by atoms with Crippen LogP contribution in [-0.4, -0.2) is 32.8 Å². The van der Waals surface area contributed by atoms with Crippen LogP contribution in [0, 0.1) is 5.92 Å². The number of nitrogens with zero attached hydrogens (tertiary/aromatic N) is 2. The quantitative estimate of drug-likeness (QED) is 0.127. The smallest absolute Gasteiger partial charge is 0.251 e. The molecule has 7 nitrogen and oxygen atoms in total. The number of benzene rings is 4. The monoisotopic (exact) mass is 617 g/mol. The average molecular weight is 618 g/mol. The van der Waals surface area contributed by atoms with Crippen molar-refractivity contribution in [2.45, 2.75) is 43.7 Å². The van der Waals surface area contributed by atoms with Crippen molar-refractivity contribution in [2.75, 3.05) is 5.75 Å². The molecule has 1 aliphatic rings. The number of hydrogen-bond acceptors (Lipinski definition) is 7. The Morgan fingerprint density at radius 2 is 1.51 bits per heavy atom. The van der Waals surface area contributed by atoms with E-state index in [9.17, 15) is 9.90 Å². The lowest BCUT2D eigenvalue weighted by Gasteiger charge is -2.41. The Morgan fingerprint density at radius 3 is 2.24 bits per heavy atom. The molecule has 4 aromatic carbocycles. The zero-order valence-corrected chi connectivity index (χ0v) is 25.8. The zero-order valence-electron chi connectivity index (χ0n) is 25.0. The van der Waals surface area contributed by atoms with Gasteiger partial charge in [-0.3, -0.25) is 4.79 Å². The molecule has 2 heterocycles. The molecule has 228 valence electrons. The van der Waals surface area contributed by atoms with E-state index in [0.717, 1.165) is 33.4 Å². The van der Waals surface area contributed by atoms with Gasteiger partial charge in [0.05, 0.1) is 18.8 Å². The van der Waals surface area contributed by atoms with Crippen molar-refractivity contribution in [3.05, 3.63) is 149 Å². The van der Waals surface area contributed by atoms with Gasteiger partial charge in [0.2, 0.25) is 0 Å². The first-order valence-corrected chi connectivity index (χ1v) is 16.0. The lowest BCUT2D eigenvalue weighted by Crippen LogP contribution is -2.38. The van der Waals surface area contributed by atoms with Gasteiger partial charge in [0, 0.05) is 41.7 Å². The second-order valence-electron chi connectivity index (χ2n) is 11.0. The number of carbonyl (C=O) groups excluding carboxylic acids is 1. The molecule has 1 fully saturated rings. The normalized spacial score (nSPS) is 19.6. The van der Waals surface area contributed by atoms with E-state index in [0.29, 0.717) is 23.0 Å². The minimum atomic E-state index is -0.569. The number of rotatable bonds is 10. The maximum atomic E-state index is 12.7. The number of carbonyl (C=O) groups is 1. The first-order chi connectivity index (χ1) is 22.1. The van der Waals surface area contributed by atoms with Crippen LogP contribution in [0.4, 0.5) is 0 Å². The topological polar surface area (TPSA) is 93.6 Å². The maximum absolute atomic E-state index is 12.7. The fourth-order valence-electron chi connectivity index (χ4n) is 5.47. The van der Waals surface area contributed by atoms with Gasteiger partial charge in [-0.2, -0.15) is 0 Å². The number of hydrogen-bond donors (Lipinski definition) is 2. The highest BCUT2D eigenvalue weighted by molar-refractivity contribution is 7.99. The zero-order chi connectivity index (χ0) is 31.0. The number of nitrogens with one attached hydrogen (secondary N) is 1. The van der Waals surface area contributed by atoms with Gasteiger partial charge in [0.25, 0.3) is 5.91 Å². The molecule has 6 rings (SSSR count). The lowest BCUT2D eigenvalue weighted by atomic mass is 9.91. The van der Waals surface area contributed by atoms with Crippen molar-refractivity contribution in [3.63, 3.8) is 0 Å². The largest absolute Gasteiger partial charge is 0.392 e. The third kappa shape index (κ3) is 7.49. The van der Waals surface area contributed by atoms with Gasteiger partial charge in [-0.25, -0.2) is 9.97 Å².